The minimum absolute atomic E-state index is 0.614. The molecule has 0 fully saturated rings. The molecule has 0 aliphatic carbocycles. The quantitative estimate of drug-likeness (QED) is 0.726. The van der Waals surface area contributed by atoms with Gasteiger partial charge in [-0.3, -0.25) is 0 Å². The number of aromatic nitrogens is 4. The van der Waals surface area contributed by atoms with Crippen LogP contribution in [0.15, 0.2) is 42.5 Å². The van der Waals surface area contributed by atoms with Gasteiger partial charge >= 0.3 is 0 Å². The molecule has 0 aliphatic rings. The van der Waals surface area contributed by atoms with E-state index in [1.54, 1.807) is 0 Å². The summed E-state index contributed by atoms with van der Waals surface area (Å²) in [5, 5.41) is 19.5. The number of aromatic amines is 1. The number of rotatable bonds is 4. The van der Waals surface area contributed by atoms with Crippen LogP contribution in [0, 0.1) is 0 Å². The number of tetrazole rings is 1. The van der Waals surface area contributed by atoms with Crippen LogP contribution in [0.2, 0.25) is 0 Å². The van der Waals surface area contributed by atoms with Gasteiger partial charge in [0.2, 0.25) is 0 Å². The highest BCUT2D eigenvalue weighted by molar-refractivity contribution is 5.82. The number of nitrogens with zero attached hydrogens (tertiary/aromatic N) is 3. The van der Waals surface area contributed by atoms with Crippen LogP contribution >= 0.6 is 0 Å². The first-order valence-corrected chi connectivity index (χ1v) is 5.82. The van der Waals surface area contributed by atoms with E-state index >= 15 is 0 Å². The third-order valence-electron chi connectivity index (χ3n) is 2.82. The average molecular weight is 239 g/mol. The van der Waals surface area contributed by atoms with Crippen molar-refractivity contribution in [2.45, 2.75) is 13.1 Å². The predicted molar refractivity (Wildman–Crippen MR) is 68.7 cm³/mol. The Balaban J connectivity index is 1.67. The second-order valence-electron chi connectivity index (χ2n) is 4.11. The minimum atomic E-state index is 0.614. The Labute approximate surface area is 104 Å². The van der Waals surface area contributed by atoms with Crippen LogP contribution in [0.1, 0.15) is 11.4 Å². The third-order valence-corrected chi connectivity index (χ3v) is 2.82. The summed E-state index contributed by atoms with van der Waals surface area (Å²) in [6.07, 6.45) is 0. The first-order valence-electron chi connectivity index (χ1n) is 5.82. The largest absolute Gasteiger partial charge is 0.306 e. The van der Waals surface area contributed by atoms with Gasteiger partial charge in [-0.15, -0.1) is 10.2 Å². The Morgan fingerprint density at radius 1 is 1.00 bits per heavy atom. The first-order chi connectivity index (χ1) is 8.92. The van der Waals surface area contributed by atoms with Gasteiger partial charge < -0.3 is 5.32 Å². The van der Waals surface area contributed by atoms with Gasteiger partial charge in [0.05, 0.1) is 6.54 Å². The van der Waals surface area contributed by atoms with E-state index in [9.17, 15) is 0 Å². The Morgan fingerprint density at radius 3 is 2.72 bits per heavy atom. The third kappa shape index (κ3) is 2.36. The van der Waals surface area contributed by atoms with E-state index in [2.05, 4.69) is 68.4 Å². The highest BCUT2D eigenvalue weighted by atomic mass is 15.5. The molecule has 3 rings (SSSR count). The molecule has 0 atom stereocenters. The lowest BCUT2D eigenvalue weighted by atomic mass is 10.1. The van der Waals surface area contributed by atoms with Crippen molar-refractivity contribution in [3.63, 3.8) is 0 Å². The van der Waals surface area contributed by atoms with Gasteiger partial charge in [0.25, 0.3) is 0 Å². The average Bonchev–Trinajstić information content (AvgIpc) is 2.92. The van der Waals surface area contributed by atoms with Crippen LogP contribution in [0.25, 0.3) is 10.8 Å². The van der Waals surface area contributed by atoms with Crippen LogP contribution in [0.5, 0.6) is 0 Å². The summed E-state index contributed by atoms with van der Waals surface area (Å²) in [4.78, 5) is 0. The number of fused-ring (bicyclic) bond motifs is 1. The standard InChI is InChI=1S/C13H13N5/c1-2-4-12-7-10(5-6-11(12)3-1)8-14-9-13-15-17-18-16-13/h1-7,14H,8-9H2,(H,15,16,17,18). The number of benzene rings is 2. The summed E-state index contributed by atoms with van der Waals surface area (Å²) in [6.45, 7) is 1.41. The molecule has 0 saturated heterocycles. The molecule has 0 spiro atoms. The van der Waals surface area contributed by atoms with Gasteiger partial charge in [-0.25, -0.2) is 0 Å². The summed E-state index contributed by atoms with van der Waals surface area (Å²) in [5.41, 5.74) is 1.25. The Hall–Kier alpha value is -2.27. The Kier molecular flexibility index (Phi) is 2.97. The van der Waals surface area contributed by atoms with Crippen molar-refractivity contribution in [3.05, 3.63) is 53.9 Å². The van der Waals surface area contributed by atoms with Gasteiger partial charge in [0.1, 0.15) is 0 Å². The lowest BCUT2D eigenvalue weighted by Gasteiger charge is -2.04. The van der Waals surface area contributed by atoms with Crippen molar-refractivity contribution in [2.24, 2.45) is 0 Å². The maximum absolute atomic E-state index is 3.89. The molecule has 90 valence electrons. The molecule has 0 saturated carbocycles. The predicted octanol–water partition coefficient (Wildman–Crippen LogP) is 1.64. The van der Waals surface area contributed by atoms with Crippen molar-refractivity contribution >= 4 is 10.8 Å². The van der Waals surface area contributed by atoms with Crippen LogP contribution in [0.3, 0.4) is 0 Å². The van der Waals surface area contributed by atoms with Crippen LogP contribution < -0.4 is 5.32 Å². The molecule has 5 heteroatoms. The van der Waals surface area contributed by atoms with Crippen LogP contribution in [0.4, 0.5) is 0 Å². The fourth-order valence-corrected chi connectivity index (χ4v) is 1.92. The van der Waals surface area contributed by atoms with Gasteiger partial charge in [0, 0.05) is 6.54 Å². The molecule has 5 nitrogen and oxygen atoms in total. The molecule has 2 N–H and O–H groups in total. The van der Waals surface area contributed by atoms with Gasteiger partial charge in [-0.05, 0) is 22.4 Å². The summed E-state index contributed by atoms with van der Waals surface area (Å²) in [6, 6.07) is 14.8. The highest BCUT2D eigenvalue weighted by Crippen LogP contribution is 2.15. The van der Waals surface area contributed by atoms with E-state index < -0.39 is 0 Å². The van der Waals surface area contributed by atoms with Crippen LogP contribution in [-0.4, -0.2) is 20.6 Å². The summed E-state index contributed by atoms with van der Waals surface area (Å²) < 4.78 is 0. The Morgan fingerprint density at radius 2 is 1.89 bits per heavy atom. The zero-order chi connectivity index (χ0) is 12.2. The summed E-state index contributed by atoms with van der Waals surface area (Å²) >= 11 is 0. The zero-order valence-corrected chi connectivity index (χ0v) is 9.80. The molecular formula is C13H13N5. The second-order valence-corrected chi connectivity index (χ2v) is 4.11. The minimum Gasteiger partial charge on any atom is -0.306 e. The number of hydrogen-bond acceptors (Lipinski definition) is 4. The topological polar surface area (TPSA) is 66.5 Å². The SMILES string of the molecule is c1ccc2cc(CNCc3nn[nH]n3)ccc2c1. The smallest absolute Gasteiger partial charge is 0.188 e. The monoisotopic (exact) mass is 239 g/mol. The van der Waals surface area contributed by atoms with E-state index in [1.165, 1.54) is 16.3 Å². The first kappa shape index (κ1) is 10.9. The zero-order valence-electron chi connectivity index (χ0n) is 9.80. The van der Waals surface area contributed by atoms with Gasteiger partial charge in [0.15, 0.2) is 5.82 Å². The van der Waals surface area contributed by atoms with Crippen molar-refractivity contribution in [3.8, 4) is 0 Å². The lowest BCUT2D eigenvalue weighted by molar-refractivity contribution is 0.664. The van der Waals surface area contributed by atoms with E-state index in [0.717, 1.165) is 6.54 Å². The van der Waals surface area contributed by atoms with E-state index in [4.69, 9.17) is 0 Å². The molecule has 0 amide bonds. The molecule has 0 aliphatic heterocycles. The molecule has 3 aromatic rings. The van der Waals surface area contributed by atoms with Crippen molar-refractivity contribution in [1.29, 1.82) is 0 Å². The van der Waals surface area contributed by atoms with Crippen molar-refractivity contribution in [1.82, 2.24) is 25.9 Å². The lowest BCUT2D eigenvalue weighted by Crippen LogP contribution is -2.13. The highest BCUT2D eigenvalue weighted by Gasteiger charge is 1.99. The fourth-order valence-electron chi connectivity index (χ4n) is 1.92. The van der Waals surface area contributed by atoms with Crippen molar-refractivity contribution < 1.29 is 0 Å². The van der Waals surface area contributed by atoms with E-state index in [-0.39, 0.29) is 0 Å². The van der Waals surface area contributed by atoms with Crippen LogP contribution in [-0.2, 0) is 13.1 Å². The number of H-pyrrole nitrogens is 1. The molecular weight excluding hydrogens is 226 g/mol. The molecule has 0 unspecified atom stereocenters. The second kappa shape index (κ2) is 4.93. The summed E-state index contributed by atoms with van der Waals surface area (Å²) in [7, 11) is 0. The fraction of sp³-hybridized carbons (Fsp3) is 0.154. The molecule has 0 bridgehead atoms. The summed E-state index contributed by atoms with van der Waals surface area (Å²) in [5.74, 6) is 0.677. The maximum atomic E-state index is 3.89. The maximum Gasteiger partial charge on any atom is 0.188 e. The van der Waals surface area contributed by atoms with Gasteiger partial charge in [-0.1, -0.05) is 41.6 Å². The number of hydrogen-bond donors (Lipinski definition) is 2. The van der Waals surface area contributed by atoms with Crippen molar-refractivity contribution in [2.75, 3.05) is 0 Å². The molecule has 1 heterocycles. The normalized spacial score (nSPS) is 10.9. The molecule has 0 radical (unpaired) electrons. The van der Waals surface area contributed by atoms with E-state index in [1.807, 2.05) is 0 Å². The Bertz CT molecular complexity index is 633. The molecule has 1 aromatic heterocycles. The van der Waals surface area contributed by atoms with Gasteiger partial charge in [-0.2, -0.15) is 5.21 Å². The number of nitrogens with one attached hydrogen (secondary N) is 2. The molecule has 2 aromatic carbocycles. The molecule has 18 heavy (non-hydrogen) atoms. The van der Waals surface area contributed by atoms with E-state index in [0.29, 0.717) is 12.4 Å².